The number of rotatable bonds is 2. The second kappa shape index (κ2) is 5.23. The van der Waals surface area contributed by atoms with E-state index in [0.29, 0.717) is 16.7 Å². The Bertz CT molecular complexity index is 969. The Morgan fingerprint density at radius 2 is 1.92 bits per heavy atom. The van der Waals surface area contributed by atoms with Gasteiger partial charge in [-0.1, -0.05) is 18.2 Å². The highest BCUT2D eigenvalue weighted by atomic mass is 19.1. The van der Waals surface area contributed by atoms with Crippen molar-refractivity contribution in [2.24, 2.45) is 0 Å². The number of aromatic amines is 1. The first-order valence-electron chi connectivity index (χ1n) is 7.27. The van der Waals surface area contributed by atoms with E-state index in [1.807, 2.05) is 0 Å². The quantitative estimate of drug-likeness (QED) is 0.736. The predicted octanol–water partition coefficient (Wildman–Crippen LogP) is 2.70. The summed E-state index contributed by atoms with van der Waals surface area (Å²) in [5.74, 6) is -2.83. The molecule has 0 radical (unpaired) electrons. The lowest BCUT2D eigenvalue weighted by Crippen LogP contribution is -2.30. The molecule has 4 rings (SSSR count). The SMILES string of the molecule is O=C1C(=O)N(c2ccc3nc[nH]c3c2)C(c2ccccc2F)C1F. The topological polar surface area (TPSA) is 66.1 Å². The van der Waals surface area contributed by atoms with E-state index in [4.69, 9.17) is 0 Å². The molecule has 2 heterocycles. The number of hydrogen-bond acceptors (Lipinski definition) is 3. The van der Waals surface area contributed by atoms with Crippen LogP contribution in [0, 0.1) is 5.82 Å². The molecule has 2 unspecified atom stereocenters. The van der Waals surface area contributed by atoms with Gasteiger partial charge in [-0.2, -0.15) is 0 Å². The highest BCUT2D eigenvalue weighted by molar-refractivity contribution is 6.45. The van der Waals surface area contributed by atoms with Crippen LogP contribution in [0.4, 0.5) is 14.5 Å². The van der Waals surface area contributed by atoms with Crippen molar-refractivity contribution in [3.8, 4) is 0 Å². The number of carbonyl (C=O) groups is 2. The van der Waals surface area contributed by atoms with Crippen LogP contribution in [0.2, 0.25) is 0 Å². The average molecular weight is 327 g/mol. The number of halogens is 2. The number of H-pyrrole nitrogens is 1. The van der Waals surface area contributed by atoms with Crippen LogP contribution in [0.15, 0.2) is 48.8 Å². The number of aromatic nitrogens is 2. The van der Waals surface area contributed by atoms with Crippen LogP contribution in [0.5, 0.6) is 0 Å². The largest absolute Gasteiger partial charge is 0.345 e. The fourth-order valence-corrected chi connectivity index (χ4v) is 3.00. The molecule has 2 aromatic carbocycles. The molecule has 7 heteroatoms. The number of imidazole rings is 1. The number of ketones is 1. The molecule has 3 aromatic rings. The summed E-state index contributed by atoms with van der Waals surface area (Å²) in [4.78, 5) is 32.1. The van der Waals surface area contributed by atoms with Gasteiger partial charge in [-0.15, -0.1) is 0 Å². The normalized spacial score (nSPS) is 21.0. The van der Waals surface area contributed by atoms with Crippen LogP contribution < -0.4 is 4.90 Å². The maximum Gasteiger partial charge on any atom is 0.298 e. The van der Waals surface area contributed by atoms with Crippen molar-refractivity contribution in [1.29, 1.82) is 0 Å². The number of anilines is 1. The first-order valence-corrected chi connectivity index (χ1v) is 7.27. The van der Waals surface area contributed by atoms with Gasteiger partial charge < -0.3 is 4.98 Å². The van der Waals surface area contributed by atoms with E-state index in [-0.39, 0.29) is 5.56 Å². The molecular formula is C17H11F2N3O2. The molecule has 1 amide bonds. The lowest BCUT2D eigenvalue weighted by Gasteiger charge is -2.25. The third-order valence-electron chi connectivity index (χ3n) is 4.14. The third kappa shape index (κ3) is 2.01. The fourth-order valence-electron chi connectivity index (χ4n) is 3.00. The number of alkyl halides is 1. The van der Waals surface area contributed by atoms with Gasteiger partial charge in [-0.05, 0) is 24.3 Å². The number of benzene rings is 2. The van der Waals surface area contributed by atoms with E-state index in [1.165, 1.54) is 30.6 Å². The number of Topliss-reactive ketones (excluding diaryl/α,β-unsaturated/α-hetero) is 1. The smallest absolute Gasteiger partial charge is 0.298 e. The molecule has 24 heavy (non-hydrogen) atoms. The molecular weight excluding hydrogens is 316 g/mol. The molecule has 1 aliphatic rings. The average Bonchev–Trinajstić information content (AvgIpc) is 3.13. The van der Waals surface area contributed by atoms with Gasteiger partial charge in [0.05, 0.1) is 17.4 Å². The minimum Gasteiger partial charge on any atom is -0.345 e. The van der Waals surface area contributed by atoms with Crippen molar-refractivity contribution < 1.29 is 18.4 Å². The van der Waals surface area contributed by atoms with Crippen molar-refractivity contribution in [1.82, 2.24) is 9.97 Å². The number of amides is 1. The summed E-state index contributed by atoms with van der Waals surface area (Å²) in [6.45, 7) is 0. The van der Waals surface area contributed by atoms with E-state index in [2.05, 4.69) is 9.97 Å². The van der Waals surface area contributed by atoms with Gasteiger partial charge in [-0.3, -0.25) is 14.5 Å². The summed E-state index contributed by atoms with van der Waals surface area (Å²) in [6, 6.07) is 9.00. The second-order valence-electron chi connectivity index (χ2n) is 5.51. The maximum atomic E-state index is 14.5. The minimum atomic E-state index is -2.12. The van der Waals surface area contributed by atoms with Gasteiger partial charge in [0.1, 0.15) is 11.9 Å². The zero-order chi connectivity index (χ0) is 16.8. The molecule has 1 N–H and O–H groups in total. The number of carbonyl (C=O) groups excluding carboxylic acids is 2. The van der Waals surface area contributed by atoms with Crippen LogP contribution in [-0.2, 0) is 9.59 Å². The van der Waals surface area contributed by atoms with Crippen molar-refractivity contribution in [3.63, 3.8) is 0 Å². The van der Waals surface area contributed by atoms with Crippen molar-refractivity contribution >= 4 is 28.4 Å². The van der Waals surface area contributed by atoms with Crippen molar-refractivity contribution in [2.75, 3.05) is 4.90 Å². The zero-order valence-corrected chi connectivity index (χ0v) is 12.2. The third-order valence-corrected chi connectivity index (χ3v) is 4.14. The number of fused-ring (bicyclic) bond motifs is 1. The molecule has 0 saturated carbocycles. The Morgan fingerprint density at radius 3 is 2.71 bits per heavy atom. The van der Waals surface area contributed by atoms with Crippen LogP contribution in [0.25, 0.3) is 11.0 Å². The monoisotopic (exact) mass is 327 g/mol. The number of hydrogen-bond donors (Lipinski definition) is 1. The van der Waals surface area contributed by atoms with Gasteiger partial charge in [0, 0.05) is 11.3 Å². The number of nitrogens with one attached hydrogen (secondary N) is 1. The van der Waals surface area contributed by atoms with Crippen molar-refractivity contribution in [3.05, 3.63) is 60.2 Å². The lowest BCUT2D eigenvalue weighted by molar-refractivity contribution is -0.136. The van der Waals surface area contributed by atoms with E-state index in [0.717, 1.165) is 4.90 Å². The van der Waals surface area contributed by atoms with Crippen LogP contribution in [-0.4, -0.2) is 27.8 Å². The first kappa shape index (κ1) is 14.5. The highest BCUT2D eigenvalue weighted by Gasteiger charge is 2.50. The Hall–Kier alpha value is -3.09. The summed E-state index contributed by atoms with van der Waals surface area (Å²) in [5.41, 5.74) is 1.56. The molecule has 5 nitrogen and oxygen atoms in total. The zero-order valence-electron chi connectivity index (χ0n) is 12.2. The molecule has 0 aliphatic carbocycles. The predicted molar refractivity (Wildman–Crippen MR) is 82.6 cm³/mol. The van der Waals surface area contributed by atoms with Crippen molar-refractivity contribution in [2.45, 2.75) is 12.2 Å². The van der Waals surface area contributed by atoms with E-state index < -0.39 is 29.7 Å². The highest BCUT2D eigenvalue weighted by Crippen LogP contribution is 2.39. The second-order valence-corrected chi connectivity index (χ2v) is 5.51. The standard InChI is InChI=1S/C17H11F2N3O2/c18-11-4-2-1-3-10(11)15-14(19)16(23)17(24)22(15)9-5-6-12-13(7-9)21-8-20-12/h1-8,14-15H,(H,20,21). The fraction of sp³-hybridized carbons (Fsp3) is 0.118. The molecule has 1 saturated heterocycles. The Balaban J connectivity index is 1.88. The summed E-state index contributed by atoms with van der Waals surface area (Å²) < 4.78 is 28.6. The van der Waals surface area contributed by atoms with Crippen LogP contribution in [0.1, 0.15) is 11.6 Å². The summed E-state index contributed by atoms with van der Waals surface area (Å²) in [6.07, 6.45) is -0.635. The molecule has 0 spiro atoms. The summed E-state index contributed by atoms with van der Waals surface area (Å²) >= 11 is 0. The molecule has 0 bridgehead atoms. The Kier molecular flexibility index (Phi) is 3.16. The van der Waals surface area contributed by atoms with Gasteiger partial charge in [0.15, 0.2) is 6.17 Å². The van der Waals surface area contributed by atoms with Crippen LogP contribution in [0.3, 0.4) is 0 Å². The van der Waals surface area contributed by atoms with Gasteiger partial charge in [0.25, 0.3) is 11.7 Å². The van der Waals surface area contributed by atoms with Gasteiger partial charge in [0.2, 0.25) is 0 Å². The van der Waals surface area contributed by atoms with Gasteiger partial charge in [-0.25, -0.2) is 13.8 Å². The van der Waals surface area contributed by atoms with E-state index in [1.54, 1.807) is 18.2 Å². The maximum absolute atomic E-state index is 14.5. The van der Waals surface area contributed by atoms with Crippen LogP contribution >= 0.6 is 0 Å². The molecule has 1 aliphatic heterocycles. The van der Waals surface area contributed by atoms with E-state index >= 15 is 0 Å². The molecule has 1 fully saturated rings. The Morgan fingerprint density at radius 1 is 1.12 bits per heavy atom. The summed E-state index contributed by atoms with van der Waals surface area (Å²) in [5, 5.41) is 0. The lowest BCUT2D eigenvalue weighted by atomic mass is 10.0. The molecule has 2 atom stereocenters. The number of nitrogens with zero attached hydrogens (tertiary/aromatic N) is 2. The summed E-state index contributed by atoms with van der Waals surface area (Å²) in [7, 11) is 0. The first-order chi connectivity index (χ1) is 11.6. The molecule has 120 valence electrons. The Labute approximate surface area is 134 Å². The van der Waals surface area contributed by atoms with Gasteiger partial charge >= 0.3 is 0 Å². The minimum absolute atomic E-state index is 0.0334. The molecule has 1 aromatic heterocycles. The van der Waals surface area contributed by atoms with E-state index in [9.17, 15) is 18.4 Å².